The summed E-state index contributed by atoms with van der Waals surface area (Å²) >= 11 is 0. The molecule has 0 heterocycles. The number of para-hydroxylation sites is 1. The fourth-order valence-electron chi connectivity index (χ4n) is 1.36. The van der Waals surface area contributed by atoms with E-state index >= 15 is 0 Å². The molecular weight excluding hydrogens is 196 g/mol. The molecule has 2 rings (SSSR count). The van der Waals surface area contributed by atoms with Crippen molar-refractivity contribution in [2.75, 3.05) is 6.61 Å². The Kier molecular flexibility index (Phi) is 3.78. The molecule has 0 atom stereocenters. The fourth-order valence-corrected chi connectivity index (χ4v) is 1.36. The Labute approximate surface area is 96.0 Å². The summed E-state index contributed by atoms with van der Waals surface area (Å²) < 4.78 is 5.53. The van der Waals surface area contributed by atoms with E-state index in [2.05, 4.69) is 6.07 Å². The molecule has 1 radical (unpaired) electrons. The van der Waals surface area contributed by atoms with Crippen LogP contribution >= 0.6 is 0 Å². The van der Waals surface area contributed by atoms with Crippen molar-refractivity contribution in [3.05, 3.63) is 72.3 Å². The number of hydrogen-bond donors (Lipinski definition) is 0. The summed E-state index contributed by atoms with van der Waals surface area (Å²) in [5, 5.41) is 0. The minimum absolute atomic E-state index is 0.586. The summed E-state index contributed by atoms with van der Waals surface area (Å²) in [7, 11) is 0. The quantitative estimate of drug-likeness (QED) is 0.747. The second-order valence-corrected chi connectivity index (χ2v) is 3.36. The van der Waals surface area contributed by atoms with Crippen LogP contribution in [-0.4, -0.2) is 6.61 Å². The molecule has 2 aromatic carbocycles. The molecule has 0 aliphatic rings. The molecule has 1 nitrogen and oxygen atoms in total. The molecule has 0 N–H and O–H groups in total. The summed E-state index contributed by atoms with van der Waals surface area (Å²) in [5.41, 5.74) is 1.16. The van der Waals surface area contributed by atoms with Gasteiger partial charge in [0.2, 0.25) is 0 Å². The molecule has 0 bridgehead atoms. The Hall–Kier alpha value is -2.02. The van der Waals surface area contributed by atoms with Crippen LogP contribution in [0.4, 0.5) is 0 Å². The minimum atomic E-state index is 0.586. The molecule has 79 valence electrons. The number of ether oxygens (including phenoxy) is 1. The predicted octanol–water partition coefficient (Wildman–Crippen LogP) is 3.58. The van der Waals surface area contributed by atoms with Crippen molar-refractivity contribution in [1.29, 1.82) is 0 Å². The average Bonchev–Trinajstić information content (AvgIpc) is 2.37. The van der Waals surface area contributed by atoms with Crippen LogP contribution in [0.15, 0.2) is 60.7 Å². The lowest BCUT2D eigenvalue weighted by Gasteiger charge is -2.01. The highest BCUT2D eigenvalue weighted by atomic mass is 16.5. The van der Waals surface area contributed by atoms with Crippen LogP contribution in [0.25, 0.3) is 6.08 Å². The lowest BCUT2D eigenvalue weighted by atomic mass is 10.2. The molecule has 16 heavy (non-hydrogen) atoms. The van der Waals surface area contributed by atoms with Gasteiger partial charge in [0.15, 0.2) is 0 Å². The van der Waals surface area contributed by atoms with Gasteiger partial charge in [-0.1, -0.05) is 48.5 Å². The maximum Gasteiger partial charge on any atom is 0.119 e. The van der Waals surface area contributed by atoms with Crippen molar-refractivity contribution in [1.82, 2.24) is 0 Å². The highest BCUT2D eigenvalue weighted by molar-refractivity contribution is 5.48. The molecule has 0 saturated carbocycles. The summed E-state index contributed by atoms with van der Waals surface area (Å²) in [4.78, 5) is 0. The third-order valence-electron chi connectivity index (χ3n) is 2.14. The van der Waals surface area contributed by atoms with Gasteiger partial charge in [0.1, 0.15) is 12.4 Å². The van der Waals surface area contributed by atoms with Gasteiger partial charge in [-0.2, -0.15) is 0 Å². The maximum atomic E-state index is 5.53. The van der Waals surface area contributed by atoms with Crippen LogP contribution in [0.2, 0.25) is 0 Å². The molecule has 0 aliphatic heterocycles. The third-order valence-corrected chi connectivity index (χ3v) is 2.14. The highest BCUT2D eigenvalue weighted by Crippen LogP contribution is 2.08. The molecule has 0 spiro atoms. The zero-order valence-corrected chi connectivity index (χ0v) is 8.97. The monoisotopic (exact) mass is 209 g/mol. The zero-order valence-electron chi connectivity index (χ0n) is 8.97. The summed E-state index contributed by atoms with van der Waals surface area (Å²) in [6.07, 6.45) is 4.04. The highest BCUT2D eigenvalue weighted by Gasteiger charge is 1.87. The van der Waals surface area contributed by atoms with Crippen LogP contribution in [0.5, 0.6) is 5.75 Å². The lowest BCUT2D eigenvalue weighted by Crippen LogP contribution is -1.92. The van der Waals surface area contributed by atoms with E-state index in [1.54, 1.807) is 0 Å². The van der Waals surface area contributed by atoms with E-state index in [1.165, 1.54) is 0 Å². The van der Waals surface area contributed by atoms with Gasteiger partial charge in [-0.3, -0.25) is 0 Å². The van der Waals surface area contributed by atoms with Crippen LogP contribution < -0.4 is 4.74 Å². The van der Waals surface area contributed by atoms with E-state index in [4.69, 9.17) is 4.74 Å². The van der Waals surface area contributed by atoms with E-state index < -0.39 is 0 Å². The van der Waals surface area contributed by atoms with Crippen molar-refractivity contribution in [3.63, 3.8) is 0 Å². The number of rotatable bonds is 4. The van der Waals surface area contributed by atoms with Crippen molar-refractivity contribution < 1.29 is 4.74 Å². The van der Waals surface area contributed by atoms with Gasteiger partial charge in [0.25, 0.3) is 0 Å². The van der Waals surface area contributed by atoms with Crippen LogP contribution in [0.3, 0.4) is 0 Å². The van der Waals surface area contributed by atoms with Crippen LogP contribution in [0, 0.1) is 6.07 Å². The Bertz CT molecular complexity index is 432. The van der Waals surface area contributed by atoms with Gasteiger partial charge in [-0.25, -0.2) is 0 Å². The molecule has 0 saturated heterocycles. The standard InChI is InChI=1S/C15H13O/c1-3-8-14(9-4-1)10-7-13-16-15-11-5-2-6-12-15/h2-12H,13H2. The first kappa shape index (κ1) is 10.5. The molecule has 0 aliphatic carbocycles. The Balaban J connectivity index is 1.83. The normalized spacial score (nSPS) is 10.5. The lowest BCUT2D eigenvalue weighted by molar-refractivity contribution is 0.363. The Morgan fingerprint density at radius 3 is 2.50 bits per heavy atom. The average molecular weight is 209 g/mol. The first-order valence-electron chi connectivity index (χ1n) is 5.26. The van der Waals surface area contributed by atoms with E-state index in [0.717, 1.165) is 11.3 Å². The van der Waals surface area contributed by atoms with E-state index in [0.29, 0.717) is 6.61 Å². The van der Waals surface area contributed by atoms with Crippen LogP contribution in [-0.2, 0) is 0 Å². The summed E-state index contributed by atoms with van der Waals surface area (Å²) in [6, 6.07) is 20.6. The second-order valence-electron chi connectivity index (χ2n) is 3.36. The molecule has 0 amide bonds. The Morgan fingerprint density at radius 1 is 1.00 bits per heavy atom. The number of hydrogen-bond acceptors (Lipinski definition) is 1. The van der Waals surface area contributed by atoms with E-state index in [1.807, 2.05) is 66.7 Å². The van der Waals surface area contributed by atoms with Crippen molar-refractivity contribution in [3.8, 4) is 5.75 Å². The fraction of sp³-hybridized carbons (Fsp3) is 0.0667. The summed E-state index contributed by atoms with van der Waals surface area (Å²) in [5.74, 6) is 0.897. The van der Waals surface area contributed by atoms with Gasteiger partial charge in [0, 0.05) is 0 Å². The third kappa shape index (κ3) is 3.28. The molecule has 0 fully saturated rings. The second kappa shape index (κ2) is 5.76. The maximum absolute atomic E-state index is 5.53. The first-order valence-corrected chi connectivity index (χ1v) is 5.26. The van der Waals surface area contributed by atoms with Gasteiger partial charge in [0.05, 0.1) is 0 Å². The SMILES string of the molecule is [c]1ccc(C=CCOc2ccccc2)cc1. The van der Waals surface area contributed by atoms with Gasteiger partial charge >= 0.3 is 0 Å². The van der Waals surface area contributed by atoms with Crippen LogP contribution in [0.1, 0.15) is 5.56 Å². The first-order chi connectivity index (χ1) is 7.95. The smallest absolute Gasteiger partial charge is 0.119 e. The molecule has 0 unspecified atom stereocenters. The van der Waals surface area contributed by atoms with E-state index in [9.17, 15) is 0 Å². The largest absolute Gasteiger partial charge is 0.490 e. The van der Waals surface area contributed by atoms with Gasteiger partial charge in [-0.15, -0.1) is 0 Å². The zero-order chi connectivity index (χ0) is 11.1. The minimum Gasteiger partial charge on any atom is -0.490 e. The molecule has 2 aromatic rings. The predicted molar refractivity (Wildman–Crippen MR) is 66.2 cm³/mol. The molecule has 0 aromatic heterocycles. The summed E-state index contributed by atoms with van der Waals surface area (Å²) in [6.45, 7) is 0.586. The molecule has 1 heteroatoms. The van der Waals surface area contributed by atoms with Crippen molar-refractivity contribution in [2.45, 2.75) is 0 Å². The van der Waals surface area contributed by atoms with E-state index in [-0.39, 0.29) is 0 Å². The van der Waals surface area contributed by atoms with Gasteiger partial charge in [-0.05, 0) is 29.8 Å². The molecular formula is C15H13O. The Morgan fingerprint density at radius 2 is 1.75 bits per heavy atom. The number of benzene rings is 2. The van der Waals surface area contributed by atoms with Crippen molar-refractivity contribution in [2.24, 2.45) is 0 Å². The topological polar surface area (TPSA) is 9.23 Å². The van der Waals surface area contributed by atoms with Crippen molar-refractivity contribution >= 4 is 6.08 Å². The van der Waals surface area contributed by atoms with Gasteiger partial charge < -0.3 is 4.74 Å².